The second-order valence-corrected chi connectivity index (χ2v) is 9.26. The van der Waals surface area contributed by atoms with Crippen molar-refractivity contribution in [2.24, 2.45) is 0 Å². The van der Waals surface area contributed by atoms with Crippen LogP contribution in [0.4, 0.5) is 5.82 Å². The van der Waals surface area contributed by atoms with E-state index in [2.05, 4.69) is 15.3 Å². The van der Waals surface area contributed by atoms with Gasteiger partial charge in [-0.15, -0.1) is 0 Å². The van der Waals surface area contributed by atoms with E-state index in [0.717, 1.165) is 25.7 Å². The quantitative estimate of drug-likeness (QED) is 0.323. The second-order valence-electron chi connectivity index (χ2n) is 7.67. The molecule has 2 aromatic rings. The predicted molar refractivity (Wildman–Crippen MR) is 104 cm³/mol. The zero-order chi connectivity index (χ0) is 21.5. The number of fused-ring (bicyclic) bond motifs is 1. The SMILES string of the molecule is O=P(O)(O)COC[C@H]1O[C@@H](n2ccc3c(NC4CCCC4)nc(O)nc32)[C@H](O)[C@@H]1O. The molecule has 0 unspecified atom stereocenters. The molecule has 0 spiro atoms. The summed E-state index contributed by atoms with van der Waals surface area (Å²) in [5, 5.41) is 34.7. The van der Waals surface area contributed by atoms with Crippen molar-refractivity contribution in [3.05, 3.63) is 12.3 Å². The minimum atomic E-state index is -4.36. The molecule has 166 valence electrons. The number of nitrogens with one attached hydrogen (secondary N) is 1. The molecule has 12 nitrogen and oxygen atoms in total. The van der Waals surface area contributed by atoms with E-state index in [1.807, 2.05) is 0 Å². The lowest BCUT2D eigenvalue weighted by Crippen LogP contribution is -2.33. The van der Waals surface area contributed by atoms with Gasteiger partial charge >= 0.3 is 13.6 Å². The van der Waals surface area contributed by atoms with E-state index in [-0.39, 0.29) is 12.6 Å². The minimum absolute atomic E-state index is 0.261. The Morgan fingerprint density at radius 1 is 1.23 bits per heavy atom. The van der Waals surface area contributed by atoms with Crippen LogP contribution in [0.5, 0.6) is 6.01 Å². The molecule has 3 heterocycles. The smallest absolute Gasteiger partial charge is 0.350 e. The normalized spacial score (nSPS) is 27.9. The summed E-state index contributed by atoms with van der Waals surface area (Å²) in [6.07, 6.45) is 0.370. The van der Waals surface area contributed by atoms with Crippen LogP contribution in [0.2, 0.25) is 0 Å². The lowest BCUT2D eigenvalue weighted by atomic mass is 10.1. The first-order valence-electron chi connectivity index (χ1n) is 9.71. The second kappa shape index (κ2) is 8.39. The van der Waals surface area contributed by atoms with Gasteiger partial charge in [0, 0.05) is 12.2 Å². The Morgan fingerprint density at radius 2 is 1.97 bits per heavy atom. The largest absolute Gasteiger partial charge is 0.479 e. The number of nitrogens with zero attached hydrogens (tertiary/aromatic N) is 3. The maximum absolute atomic E-state index is 10.9. The number of aromatic nitrogens is 3. The van der Waals surface area contributed by atoms with Gasteiger partial charge in [0.1, 0.15) is 30.5 Å². The molecular weight excluding hydrogens is 419 g/mol. The number of hydrogen-bond donors (Lipinski definition) is 6. The Labute approximate surface area is 171 Å². The van der Waals surface area contributed by atoms with Crippen LogP contribution in [0.1, 0.15) is 31.9 Å². The van der Waals surface area contributed by atoms with Crippen LogP contribution in [-0.2, 0) is 14.0 Å². The Kier molecular flexibility index (Phi) is 5.99. The summed E-state index contributed by atoms with van der Waals surface area (Å²) in [6, 6.07) is 1.56. The van der Waals surface area contributed by atoms with Crippen LogP contribution in [0.15, 0.2) is 12.3 Å². The van der Waals surface area contributed by atoms with Gasteiger partial charge in [-0.25, -0.2) is 0 Å². The molecular formula is C17H25N4O8P. The monoisotopic (exact) mass is 444 g/mol. The maximum Gasteiger partial charge on any atom is 0.350 e. The lowest BCUT2D eigenvalue weighted by Gasteiger charge is -2.18. The van der Waals surface area contributed by atoms with Crippen LogP contribution in [0, 0.1) is 0 Å². The molecule has 4 rings (SSSR count). The van der Waals surface area contributed by atoms with E-state index in [0.29, 0.717) is 16.9 Å². The highest BCUT2D eigenvalue weighted by molar-refractivity contribution is 7.51. The first-order valence-corrected chi connectivity index (χ1v) is 11.5. The highest BCUT2D eigenvalue weighted by Crippen LogP contribution is 2.37. The van der Waals surface area contributed by atoms with E-state index in [4.69, 9.17) is 19.3 Å². The fourth-order valence-corrected chi connectivity index (χ4v) is 4.33. The van der Waals surface area contributed by atoms with Gasteiger partial charge in [0.15, 0.2) is 11.9 Å². The summed E-state index contributed by atoms with van der Waals surface area (Å²) in [5.41, 5.74) is 0.316. The first kappa shape index (κ1) is 21.4. The number of ether oxygens (including phenoxy) is 2. The zero-order valence-corrected chi connectivity index (χ0v) is 16.9. The third-order valence-corrected chi connectivity index (χ3v) is 5.93. The van der Waals surface area contributed by atoms with Crippen molar-refractivity contribution in [3.8, 4) is 6.01 Å². The predicted octanol–water partition coefficient (Wildman–Crippen LogP) is 0.262. The summed E-state index contributed by atoms with van der Waals surface area (Å²) < 4.78 is 23.0. The van der Waals surface area contributed by atoms with Crippen molar-refractivity contribution >= 4 is 24.4 Å². The number of hydrogen-bond acceptors (Lipinski definition) is 9. The molecule has 13 heteroatoms. The van der Waals surface area contributed by atoms with E-state index < -0.39 is 44.5 Å². The van der Waals surface area contributed by atoms with Crippen LogP contribution >= 0.6 is 7.60 Å². The molecule has 30 heavy (non-hydrogen) atoms. The first-order chi connectivity index (χ1) is 14.2. The molecule has 4 atom stereocenters. The summed E-state index contributed by atoms with van der Waals surface area (Å²) in [6.45, 7) is -0.312. The summed E-state index contributed by atoms with van der Waals surface area (Å²) in [5.74, 6) is 0.484. The van der Waals surface area contributed by atoms with Gasteiger partial charge in [-0.2, -0.15) is 9.97 Å². The number of rotatable bonds is 7. The van der Waals surface area contributed by atoms with Gasteiger partial charge in [-0.1, -0.05) is 12.8 Å². The molecule has 1 aliphatic carbocycles. The third kappa shape index (κ3) is 4.45. The summed E-state index contributed by atoms with van der Waals surface area (Å²) >= 11 is 0. The van der Waals surface area contributed by atoms with Crippen molar-refractivity contribution in [1.29, 1.82) is 0 Å². The third-order valence-electron chi connectivity index (χ3n) is 5.41. The van der Waals surface area contributed by atoms with E-state index in [1.54, 1.807) is 12.3 Å². The van der Waals surface area contributed by atoms with Crippen LogP contribution in [0.3, 0.4) is 0 Å². The maximum atomic E-state index is 10.9. The molecule has 0 bridgehead atoms. The minimum Gasteiger partial charge on any atom is -0.479 e. The van der Waals surface area contributed by atoms with E-state index >= 15 is 0 Å². The lowest BCUT2D eigenvalue weighted by molar-refractivity contribution is -0.0611. The summed E-state index contributed by atoms with van der Waals surface area (Å²) in [7, 11) is -4.36. The standard InChI is InChI=1S/C17H25N4O8P/c22-12-11(7-28-8-30(25,26)27)29-16(13(12)23)21-6-5-10-14(18-9-3-1-2-4-9)19-17(24)20-15(10)21/h5-6,9,11-13,16,22-23H,1-4,7-8H2,(H2,25,26,27)(H2,18,19,20,24)/t11-,12-,13-,16-/m1/s1. The molecule has 1 aliphatic heterocycles. The topological polar surface area (TPSA) is 179 Å². The number of aromatic hydroxyl groups is 1. The Morgan fingerprint density at radius 3 is 2.67 bits per heavy atom. The van der Waals surface area contributed by atoms with E-state index in [1.165, 1.54) is 4.57 Å². The van der Waals surface area contributed by atoms with Gasteiger partial charge in [-0.05, 0) is 18.9 Å². The molecule has 0 aromatic carbocycles. The van der Waals surface area contributed by atoms with Gasteiger partial charge in [0.2, 0.25) is 0 Å². The van der Waals surface area contributed by atoms with Gasteiger partial charge < -0.3 is 44.5 Å². The average molecular weight is 444 g/mol. The van der Waals surface area contributed by atoms with Crippen LogP contribution in [-0.4, -0.2) is 77.0 Å². The highest BCUT2D eigenvalue weighted by Gasteiger charge is 2.44. The fraction of sp³-hybridized carbons (Fsp3) is 0.647. The average Bonchev–Trinajstić information content (AvgIpc) is 3.37. The molecule has 0 amide bonds. The molecule has 2 aromatic heterocycles. The number of aliphatic hydroxyl groups is 2. The zero-order valence-electron chi connectivity index (χ0n) is 16.0. The molecule has 2 fully saturated rings. The molecule has 2 aliphatic rings. The van der Waals surface area contributed by atoms with Crippen LogP contribution in [0.25, 0.3) is 11.0 Å². The van der Waals surface area contributed by atoms with Crippen molar-refractivity contribution in [2.45, 2.75) is 56.3 Å². The van der Waals surface area contributed by atoms with Crippen molar-refractivity contribution in [3.63, 3.8) is 0 Å². The molecule has 1 saturated carbocycles. The van der Waals surface area contributed by atoms with Crippen molar-refractivity contribution in [2.75, 3.05) is 18.3 Å². The van der Waals surface area contributed by atoms with Gasteiger partial charge in [0.05, 0.1) is 12.0 Å². The van der Waals surface area contributed by atoms with Crippen LogP contribution < -0.4 is 5.32 Å². The molecule has 1 saturated heterocycles. The van der Waals surface area contributed by atoms with Crippen molar-refractivity contribution in [1.82, 2.24) is 14.5 Å². The Balaban J connectivity index is 1.55. The number of anilines is 1. The number of aliphatic hydroxyl groups excluding tert-OH is 2. The fourth-order valence-electron chi connectivity index (χ4n) is 3.99. The van der Waals surface area contributed by atoms with Gasteiger partial charge in [0.25, 0.3) is 0 Å². The highest BCUT2D eigenvalue weighted by atomic mass is 31.2. The Bertz CT molecular complexity index is 943. The summed E-state index contributed by atoms with van der Waals surface area (Å²) in [4.78, 5) is 25.9. The van der Waals surface area contributed by atoms with Gasteiger partial charge in [-0.3, -0.25) is 4.57 Å². The Hall–Kier alpha value is -1.79. The van der Waals surface area contributed by atoms with Crippen molar-refractivity contribution < 1.29 is 39.1 Å². The molecule has 6 N–H and O–H groups in total. The van der Waals surface area contributed by atoms with E-state index in [9.17, 15) is 19.9 Å². The molecule has 0 radical (unpaired) electrons.